The molecule has 0 fully saturated rings. The lowest BCUT2D eigenvalue weighted by atomic mass is 10.1. The Morgan fingerprint density at radius 2 is 1.79 bits per heavy atom. The summed E-state index contributed by atoms with van der Waals surface area (Å²) in [4.78, 5) is 0. The first-order valence-corrected chi connectivity index (χ1v) is 7.14. The number of rotatable bonds is 6. The quantitative estimate of drug-likeness (QED) is 0.859. The Labute approximate surface area is 122 Å². The van der Waals surface area contributed by atoms with Crippen molar-refractivity contribution < 1.29 is 4.74 Å². The molecule has 19 heavy (non-hydrogen) atoms. The fraction of sp³-hybridized carbons (Fsp3) is 0.250. The molecule has 0 saturated carbocycles. The summed E-state index contributed by atoms with van der Waals surface area (Å²) >= 11 is 3.45. The molecule has 0 bridgehead atoms. The van der Waals surface area contributed by atoms with Crippen LogP contribution in [0.3, 0.4) is 0 Å². The van der Waals surface area contributed by atoms with Crippen LogP contribution in [0.1, 0.15) is 11.1 Å². The van der Waals surface area contributed by atoms with Gasteiger partial charge in [0.15, 0.2) is 0 Å². The summed E-state index contributed by atoms with van der Waals surface area (Å²) in [5.74, 6) is 0. The minimum atomic E-state index is 0.747. The number of nitrogens with one attached hydrogen (secondary N) is 1. The Hall–Kier alpha value is -1.32. The van der Waals surface area contributed by atoms with Crippen molar-refractivity contribution in [2.24, 2.45) is 0 Å². The Bertz CT molecular complexity index is 510. The molecule has 2 aromatic rings. The van der Waals surface area contributed by atoms with Crippen molar-refractivity contribution in [1.29, 1.82) is 0 Å². The molecular weight excluding hydrogens is 302 g/mol. The third-order valence-corrected chi connectivity index (χ3v) is 3.52. The van der Waals surface area contributed by atoms with E-state index in [0.29, 0.717) is 0 Å². The van der Waals surface area contributed by atoms with E-state index >= 15 is 0 Å². The smallest absolute Gasteiger partial charge is 0.0503 e. The van der Waals surface area contributed by atoms with E-state index in [1.165, 1.54) is 16.8 Å². The van der Waals surface area contributed by atoms with Crippen molar-refractivity contribution in [2.75, 3.05) is 19.0 Å². The van der Waals surface area contributed by atoms with Crippen LogP contribution in [0.25, 0.3) is 0 Å². The average molecular weight is 320 g/mol. The fourth-order valence-corrected chi connectivity index (χ4v) is 2.19. The number of hydrogen-bond acceptors (Lipinski definition) is 2. The summed E-state index contributed by atoms with van der Waals surface area (Å²) in [7, 11) is 1.73. The molecule has 0 heterocycles. The van der Waals surface area contributed by atoms with Gasteiger partial charge in [-0.15, -0.1) is 0 Å². The molecule has 2 aromatic carbocycles. The first kappa shape index (κ1) is 14.1. The molecule has 0 saturated heterocycles. The van der Waals surface area contributed by atoms with E-state index in [9.17, 15) is 0 Å². The zero-order chi connectivity index (χ0) is 13.5. The number of anilines is 1. The standard InChI is InChI=1S/C16H18BrNO/c1-19-11-10-14-4-2-3-5-16(14)18-12-13-6-8-15(17)9-7-13/h2-9,18H,10-12H2,1H3. The lowest BCUT2D eigenvalue weighted by Gasteiger charge is -2.12. The van der Waals surface area contributed by atoms with Crippen LogP contribution in [-0.4, -0.2) is 13.7 Å². The van der Waals surface area contributed by atoms with Gasteiger partial charge in [0, 0.05) is 23.8 Å². The van der Waals surface area contributed by atoms with Crippen LogP contribution >= 0.6 is 15.9 Å². The van der Waals surface area contributed by atoms with Gasteiger partial charge in [0.1, 0.15) is 0 Å². The summed E-state index contributed by atoms with van der Waals surface area (Å²) in [6.45, 7) is 1.58. The highest BCUT2D eigenvalue weighted by Gasteiger charge is 2.01. The second-order valence-electron chi connectivity index (χ2n) is 4.38. The monoisotopic (exact) mass is 319 g/mol. The Morgan fingerprint density at radius 1 is 1.05 bits per heavy atom. The molecule has 0 radical (unpaired) electrons. The van der Waals surface area contributed by atoms with Gasteiger partial charge in [-0.05, 0) is 35.7 Å². The van der Waals surface area contributed by atoms with Gasteiger partial charge in [0.2, 0.25) is 0 Å². The molecule has 0 unspecified atom stereocenters. The van der Waals surface area contributed by atoms with Crippen LogP contribution in [0.15, 0.2) is 53.0 Å². The number of hydrogen-bond donors (Lipinski definition) is 1. The van der Waals surface area contributed by atoms with Crippen LogP contribution in [0.2, 0.25) is 0 Å². The zero-order valence-electron chi connectivity index (χ0n) is 11.0. The number of halogens is 1. The van der Waals surface area contributed by atoms with Crippen LogP contribution in [0.4, 0.5) is 5.69 Å². The zero-order valence-corrected chi connectivity index (χ0v) is 12.6. The maximum atomic E-state index is 5.14. The van der Waals surface area contributed by atoms with E-state index in [-0.39, 0.29) is 0 Å². The average Bonchev–Trinajstić information content (AvgIpc) is 2.45. The Balaban J connectivity index is 2.00. The van der Waals surface area contributed by atoms with E-state index in [1.54, 1.807) is 7.11 Å². The van der Waals surface area contributed by atoms with E-state index in [1.807, 2.05) is 0 Å². The van der Waals surface area contributed by atoms with Gasteiger partial charge in [-0.1, -0.05) is 46.3 Å². The maximum absolute atomic E-state index is 5.14. The summed E-state index contributed by atoms with van der Waals surface area (Å²) in [6, 6.07) is 16.7. The number of para-hydroxylation sites is 1. The van der Waals surface area contributed by atoms with Crippen molar-refractivity contribution in [3.8, 4) is 0 Å². The predicted molar refractivity (Wildman–Crippen MR) is 83.5 cm³/mol. The van der Waals surface area contributed by atoms with E-state index in [2.05, 4.69) is 69.8 Å². The summed E-state index contributed by atoms with van der Waals surface area (Å²) in [6.07, 6.45) is 0.931. The normalized spacial score (nSPS) is 10.4. The largest absolute Gasteiger partial charge is 0.384 e. The van der Waals surface area contributed by atoms with Gasteiger partial charge in [-0.3, -0.25) is 0 Å². The molecule has 0 amide bonds. The Morgan fingerprint density at radius 3 is 2.53 bits per heavy atom. The highest BCUT2D eigenvalue weighted by molar-refractivity contribution is 9.10. The van der Waals surface area contributed by atoms with E-state index in [0.717, 1.165) is 24.0 Å². The molecule has 0 aromatic heterocycles. The molecule has 0 aliphatic carbocycles. The van der Waals surface area contributed by atoms with Gasteiger partial charge in [-0.25, -0.2) is 0 Å². The van der Waals surface area contributed by atoms with Crippen LogP contribution < -0.4 is 5.32 Å². The van der Waals surface area contributed by atoms with Gasteiger partial charge in [0.25, 0.3) is 0 Å². The molecule has 100 valence electrons. The molecular formula is C16H18BrNO. The maximum Gasteiger partial charge on any atom is 0.0503 e. The van der Waals surface area contributed by atoms with Gasteiger partial charge < -0.3 is 10.1 Å². The Kier molecular flexibility index (Phi) is 5.43. The minimum absolute atomic E-state index is 0.747. The third-order valence-electron chi connectivity index (χ3n) is 2.99. The van der Waals surface area contributed by atoms with Crippen molar-refractivity contribution in [3.05, 3.63) is 64.1 Å². The molecule has 0 spiro atoms. The van der Waals surface area contributed by atoms with Gasteiger partial charge >= 0.3 is 0 Å². The molecule has 0 aliphatic heterocycles. The highest BCUT2D eigenvalue weighted by Crippen LogP contribution is 2.17. The summed E-state index contributed by atoms with van der Waals surface area (Å²) < 4.78 is 6.25. The van der Waals surface area contributed by atoms with E-state index < -0.39 is 0 Å². The number of benzene rings is 2. The van der Waals surface area contributed by atoms with Crippen LogP contribution in [-0.2, 0) is 17.7 Å². The van der Waals surface area contributed by atoms with Gasteiger partial charge in [0.05, 0.1) is 6.61 Å². The summed E-state index contributed by atoms with van der Waals surface area (Å²) in [5, 5.41) is 3.49. The molecule has 1 N–H and O–H groups in total. The molecule has 0 aliphatic rings. The topological polar surface area (TPSA) is 21.3 Å². The van der Waals surface area contributed by atoms with Crippen molar-refractivity contribution in [2.45, 2.75) is 13.0 Å². The van der Waals surface area contributed by atoms with E-state index in [4.69, 9.17) is 4.74 Å². The minimum Gasteiger partial charge on any atom is -0.384 e. The molecule has 0 atom stereocenters. The SMILES string of the molecule is COCCc1ccccc1NCc1ccc(Br)cc1. The third kappa shape index (κ3) is 4.37. The predicted octanol–water partition coefficient (Wildman–Crippen LogP) is 4.25. The van der Waals surface area contributed by atoms with Crippen molar-refractivity contribution >= 4 is 21.6 Å². The lowest BCUT2D eigenvalue weighted by molar-refractivity contribution is 0.202. The summed E-state index contributed by atoms with van der Waals surface area (Å²) in [5.41, 5.74) is 3.74. The van der Waals surface area contributed by atoms with Crippen molar-refractivity contribution in [1.82, 2.24) is 0 Å². The fourth-order valence-electron chi connectivity index (χ4n) is 1.92. The first-order chi connectivity index (χ1) is 9.29. The lowest BCUT2D eigenvalue weighted by Crippen LogP contribution is -2.04. The first-order valence-electron chi connectivity index (χ1n) is 6.35. The van der Waals surface area contributed by atoms with Crippen LogP contribution in [0, 0.1) is 0 Å². The second kappa shape index (κ2) is 7.31. The second-order valence-corrected chi connectivity index (χ2v) is 5.30. The molecule has 3 heteroatoms. The number of methoxy groups -OCH3 is 1. The van der Waals surface area contributed by atoms with Crippen LogP contribution in [0.5, 0.6) is 0 Å². The van der Waals surface area contributed by atoms with Gasteiger partial charge in [-0.2, -0.15) is 0 Å². The van der Waals surface area contributed by atoms with Crippen molar-refractivity contribution in [3.63, 3.8) is 0 Å². The molecule has 2 rings (SSSR count). The highest BCUT2D eigenvalue weighted by atomic mass is 79.9. The number of ether oxygens (including phenoxy) is 1. The molecule has 2 nitrogen and oxygen atoms in total.